The van der Waals surface area contributed by atoms with E-state index in [4.69, 9.17) is 18.9 Å². The predicted molar refractivity (Wildman–Crippen MR) is 110 cm³/mol. The second kappa shape index (κ2) is 9.21. The zero-order valence-electron chi connectivity index (χ0n) is 19.3. The second-order valence-corrected chi connectivity index (χ2v) is 9.56. The maximum absolute atomic E-state index is 6.21. The van der Waals surface area contributed by atoms with Gasteiger partial charge in [-0.15, -0.1) is 0 Å². The third-order valence-electron chi connectivity index (χ3n) is 5.73. The lowest BCUT2D eigenvalue weighted by atomic mass is 9.94. The van der Waals surface area contributed by atoms with E-state index in [0.29, 0.717) is 25.0 Å². The van der Waals surface area contributed by atoms with E-state index in [-0.39, 0.29) is 23.4 Å². The lowest BCUT2D eigenvalue weighted by molar-refractivity contribution is -0.129. The fourth-order valence-corrected chi connectivity index (χ4v) is 2.27. The monoisotopic (exact) mass is 386 g/mol. The molecule has 1 heterocycles. The first-order valence-electron chi connectivity index (χ1n) is 10.0. The molecule has 1 rings (SSSR count). The summed E-state index contributed by atoms with van der Waals surface area (Å²) in [6.07, 6.45) is 1.26. The normalized spacial score (nSPS) is 23.7. The number of hydrogen-bond acceptors (Lipinski definition) is 6. The Balaban J connectivity index is 2.86. The summed E-state index contributed by atoms with van der Waals surface area (Å²) in [6, 6.07) is 0. The van der Waals surface area contributed by atoms with Gasteiger partial charge in [-0.1, -0.05) is 27.7 Å². The highest BCUT2D eigenvalue weighted by Crippen LogP contribution is 2.31. The van der Waals surface area contributed by atoms with Crippen LogP contribution in [0.5, 0.6) is 0 Å². The Morgan fingerprint density at radius 2 is 1.30 bits per heavy atom. The molecule has 1 saturated heterocycles. The summed E-state index contributed by atoms with van der Waals surface area (Å²) in [5.74, 6) is -0.0943. The van der Waals surface area contributed by atoms with Gasteiger partial charge in [0.05, 0.1) is 30.6 Å². The highest BCUT2D eigenvalue weighted by molar-refractivity contribution is 5.66. The van der Waals surface area contributed by atoms with Crippen LogP contribution < -0.4 is 0 Å². The van der Waals surface area contributed by atoms with Crippen molar-refractivity contribution in [1.29, 1.82) is 0 Å². The molecule has 1 aliphatic heterocycles. The van der Waals surface area contributed by atoms with Crippen LogP contribution in [0.3, 0.4) is 0 Å². The molecule has 0 saturated carbocycles. The summed E-state index contributed by atoms with van der Waals surface area (Å²) in [5, 5.41) is 6.02. The highest BCUT2D eigenvalue weighted by Gasteiger charge is 2.45. The van der Waals surface area contributed by atoms with Gasteiger partial charge in [0.25, 0.3) is 0 Å². The van der Waals surface area contributed by atoms with E-state index in [9.17, 15) is 0 Å². The Morgan fingerprint density at radius 1 is 0.926 bits per heavy atom. The van der Waals surface area contributed by atoms with Gasteiger partial charge >= 0.3 is 0 Å². The SMILES string of the molecule is CC(C)C(C)(C)OC[C@@H]1OC(C)(/C=N/N(C)C)O[C@H]1COC(C)(C)C(C)C. The summed E-state index contributed by atoms with van der Waals surface area (Å²) < 4.78 is 24.8. The Kier molecular flexibility index (Phi) is 8.30. The molecule has 0 aromatic carbocycles. The minimum Gasteiger partial charge on any atom is -0.373 e. The van der Waals surface area contributed by atoms with Crippen molar-refractivity contribution in [3.63, 3.8) is 0 Å². The van der Waals surface area contributed by atoms with E-state index in [1.807, 2.05) is 21.0 Å². The van der Waals surface area contributed by atoms with Gasteiger partial charge < -0.3 is 24.0 Å². The fourth-order valence-electron chi connectivity index (χ4n) is 2.27. The summed E-state index contributed by atoms with van der Waals surface area (Å²) in [5.41, 5.74) is -0.467. The molecule has 6 nitrogen and oxygen atoms in total. The molecule has 0 aromatic rings. The van der Waals surface area contributed by atoms with Crippen molar-refractivity contribution in [3.05, 3.63) is 0 Å². The smallest absolute Gasteiger partial charge is 0.204 e. The molecular weight excluding hydrogens is 344 g/mol. The molecule has 0 spiro atoms. The molecule has 0 aromatic heterocycles. The highest BCUT2D eigenvalue weighted by atomic mass is 16.8. The van der Waals surface area contributed by atoms with E-state index in [1.54, 1.807) is 11.2 Å². The molecule has 0 N–H and O–H groups in total. The fraction of sp³-hybridized carbons (Fsp3) is 0.952. The van der Waals surface area contributed by atoms with Crippen LogP contribution in [0.25, 0.3) is 0 Å². The number of nitrogens with zero attached hydrogens (tertiary/aromatic N) is 2. The minimum absolute atomic E-state index is 0.218. The molecule has 1 fully saturated rings. The van der Waals surface area contributed by atoms with Crippen molar-refractivity contribution in [2.75, 3.05) is 27.3 Å². The van der Waals surface area contributed by atoms with Crippen LogP contribution in [0.4, 0.5) is 0 Å². The van der Waals surface area contributed by atoms with Crippen LogP contribution in [0.1, 0.15) is 62.3 Å². The van der Waals surface area contributed by atoms with Crippen LogP contribution in [-0.2, 0) is 18.9 Å². The largest absolute Gasteiger partial charge is 0.373 e. The molecular formula is C21H42N2O4. The van der Waals surface area contributed by atoms with Crippen LogP contribution in [-0.4, -0.2) is 67.7 Å². The first-order valence-corrected chi connectivity index (χ1v) is 10.0. The van der Waals surface area contributed by atoms with E-state index < -0.39 is 5.79 Å². The number of hydrogen-bond donors (Lipinski definition) is 0. The van der Waals surface area contributed by atoms with Gasteiger partial charge in [-0.3, -0.25) is 0 Å². The van der Waals surface area contributed by atoms with Gasteiger partial charge in [-0.05, 0) is 46.5 Å². The molecule has 2 atom stereocenters. The van der Waals surface area contributed by atoms with E-state index in [0.717, 1.165) is 0 Å². The predicted octanol–water partition coefficient (Wildman–Crippen LogP) is 3.94. The molecule has 1 aliphatic rings. The Labute approximate surface area is 166 Å². The average molecular weight is 387 g/mol. The van der Waals surface area contributed by atoms with Crippen LogP contribution in [0.15, 0.2) is 5.10 Å². The Bertz CT molecular complexity index is 455. The van der Waals surface area contributed by atoms with Gasteiger partial charge in [0.2, 0.25) is 5.79 Å². The van der Waals surface area contributed by atoms with Crippen LogP contribution in [0, 0.1) is 11.8 Å². The average Bonchev–Trinajstić information content (AvgIpc) is 2.86. The van der Waals surface area contributed by atoms with Crippen LogP contribution in [0.2, 0.25) is 0 Å². The number of hydrazone groups is 1. The van der Waals surface area contributed by atoms with E-state index >= 15 is 0 Å². The van der Waals surface area contributed by atoms with E-state index in [1.165, 1.54) is 0 Å². The van der Waals surface area contributed by atoms with Gasteiger partial charge in [0, 0.05) is 14.1 Å². The maximum atomic E-state index is 6.21. The third-order valence-corrected chi connectivity index (χ3v) is 5.73. The Morgan fingerprint density at radius 3 is 1.59 bits per heavy atom. The molecule has 0 unspecified atom stereocenters. The maximum Gasteiger partial charge on any atom is 0.204 e. The lowest BCUT2D eigenvalue weighted by Crippen LogP contribution is -2.41. The number of rotatable bonds is 10. The van der Waals surface area contributed by atoms with Crippen molar-refractivity contribution in [1.82, 2.24) is 5.01 Å². The molecule has 0 bridgehead atoms. The molecule has 0 radical (unpaired) electrons. The van der Waals surface area contributed by atoms with Gasteiger partial charge in [-0.25, -0.2) is 0 Å². The zero-order valence-corrected chi connectivity index (χ0v) is 19.3. The first kappa shape index (κ1) is 24.3. The molecule has 27 heavy (non-hydrogen) atoms. The van der Waals surface area contributed by atoms with Crippen molar-refractivity contribution in [3.8, 4) is 0 Å². The summed E-state index contributed by atoms with van der Waals surface area (Å²) in [7, 11) is 3.73. The van der Waals surface area contributed by atoms with Gasteiger partial charge in [0.15, 0.2) is 0 Å². The summed E-state index contributed by atoms with van der Waals surface area (Å²) in [4.78, 5) is 0. The third kappa shape index (κ3) is 7.33. The lowest BCUT2D eigenvalue weighted by Gasteiger charge is -2.33. The Hall–Kier alpha value is -0.690. The summed E-state index contributed by atoms with van der Waals surface area (Å²) in [6.45, 7) is 19.8. The first-order chi connectivity index (χ1) is 12.2. The summed E-state index contributed by atoms with van der Waals surface area (Å²) >= 11 is 0. The molecule has 160 valence electrons. The molecule has 0 aliphatic carbocycles. The minimum atomic E-state index is -0.893. The zero-order chi connectivity index (χ0) is 21.0. The van der Waals surface area contributed by atoms with Gasteiger partial charge in [0.1, 0.15) is 12.2 Å². The quantitative estimate of drug-likeness (QED) is 0.420. The van der Waals surface area contributed by atoms with Gasteiger partial charge in [-0.2, -0.15) is 5.10 Å². The van der Waals surface area contributed by atoms with Crippen molar-refractivity contribution in [2.24, 2.45) is 16.9 Å². The topological polar surface area (TPSA) is 52.5 Å². The number of ether oxygens (including phenoxy) is 4. The van der Waals surface area contributed by atoms with Crippen molar-refractivity contribution in [2.45, 2.75) is 91.5 Å². The standard InChI is InChI=1S/C21H42N2O4/c1-15(2)19(5,6)24-12-17-18(13-25-20(7,8)16(3)4)27-21(9,26-17)14-22-23(10)11/h14-18H,12-13H2,1-11H3/b22-14+/t17-,18-/m0/s1. The van der Waals surface area contributed by atoms with Crippen LogP contribution >= 0.6 is 0 Å². The van der Waals surface area contributed by atoms with Crippen molar-refractivity contribution >= 4 is 6.21 Å². The molecule has 0 amide bonds. The van der Waals surface area contributed by atoms with E-state index in [2.05, 4.69) is 60.5 Å². The van der Waals surface area contributed by atoms with Crippen molar-refractivity contribution < 1.29 is 18.9 Å². The second-order valence-electron chi connectivity index (χ2n) is 9.56. The molecule has 6 heteroatoms.